The van der Waals surface area contributed by atoms with Crippen molar-refractivity contribution < 1.29 is 4.74 Å². The first-order valence-electron chi connectivity index (χ1n) is 6.64. The van der Waals surface area contributed by atoms with E-state index in [0.29, 0.717) is 18.6 Å². The highest BCUT2D eigenvalue weighted by atomic mass is 16.5. The first kappa shape index (κ1) is 13.5. The molecule has 2 N–H and O–H groups in total. The van der Waals surface area contributed by atoms with Gasteiger partial charge in [0.05, 0.1) is 18.4 Å². The normalized spacial score (nSPS) is 22.0. The number of aryl methyl sites for hydroxylation is 1. The maximum absolute atomic E-state index is 6.07. The summed E-state index contributed by atoms with van der Waals surface area (Å²) in [5.74, 6) is 0. The van der Waals surface area contributed by atoms with Crippen molar-refractivity contribution in [1.82, 2.24) is 15.0 Å². The highest BCUT2D eigenvalue weighted by Gasteiger charge is 2.38. The minimum atomic E-state index is -0.160. The van der Waals surface area contributed by atoms with Gasteiger partial charge in [-0.05, 0) is 31.1 Å². The molecule has 0 aromatic carbocycles. The second kappa shape index (κ2) is 4.97. The lowest BCUT2D eigenvalue weighted by Crippen LogP contribution is -2.45. The van der Waals surface area contributed by atoms with Gasteiger partial charge in [-0.2, -0.15) is 0 Å². The van der Waals surface area contributed by atoms with Crippen LogP contribution < -0.4 is 5.73 Å². The summed E-state index contributed by atoms with van der Waals surface area (Å²) in [4.78, 5) is 0. The molecule has 1 fully saturated rings. The molecule has 1 aromatic heterocycles. The van der Waals surface area contributed by atoms with Gasteiger partial charge in [-0.15, -0.1) is 5.10 Å². The number of nitrogens with zero attached hydrogens (tertiary/aromatic N) is 3. The molecule has 1 aliphatic rings. The fourth-order valence-corrected chi connectivity index (χ4v) is 2.48. The number of hydrogen-bond donors (Lipinski definition) is 1. The van der Waals surface area contributed by atoms with Crippen LogP contribution in [0.2, 0.25) is 0 Å². The third kappa shape index (κ3) is 3.09. The second-order valence-electron chi connectivity index (χ2n) is 6.22. The summed E-state index contributed by atoms with van der Waals surface area (Å²) in [6.45, 7) is 5.72. The van der Waals surface area contributed by atoms with Crippen molar-refractivity contribution in [3.63, 3.8) is 0 Å². The predicted molar refractivity (Wildman–Crippen MR) is 69.8 cm³/mol. The van der Waals surface area contributed by atoms with E-state index in [1.165, 1.54) is 12.8 Å². The Bertz CT molecular complexity index is 389. The largest absolute Gasteiger partial charge is 0.367 e. The Labute approximate surface area is 109 Å². The molecule has 5 heteroatoms. The van der Waals surface area contributed by atoms with Crippen molar-refractivity contribution in [3.8, 4) is 0 Å². The van der Waals surface area contributed by atoms with Crippen LogP contribution >= 0.6 is 0 Å². The van der Waals surface area contributed by atoms with Gasteiger partial charge in [0.2, 0.25) is 0 Å². The highest BCUT2D eigenvalue weighted by molar-refractivity contribution is 4.94. The Morgan fingerprint density at radius 3 is 2.50 bits per heavy atom. The summed E-state index contributed by atoms with van der Waals surface area (Å²) >= 11 is 0. The summed E-state index contributed by atoms with van der Waals surface area (Å²) in [5, 5.41) is 7.95. The van der Waals surface area contributed by atoms with Crippen LogP contribution in [-0.2, 0) is 18.4 Å². The van der Waals surface area contributed by atoms with Gasteiger partial charge in [-0.25, -0.2) is 0 Å². The van der Waals surface area contributed by atoms with Crippen LogP contribution in [0.25, 0.3) is 0 Å². The van der Waals surface area contributed by atoms with E-state index in [9.17, 15) is 0 Å². The zero-order valence-electron chi connectivity index (χ0n) is 11.6. The Morgan fingerprint density at radius 1 is 1.33 bits per heavy atom. The molecular formula is C13H24N4O. The molecule has 18 heavy (non-hydrogen) atoms. The van der Waals surface area contributed by atoms with E-state index < -0.39 is 0 Å². The molecule has 0 bridgehead atoms. The Hall–Kier alpha value is -0.940. The lowest BCUT2D eigenvalue weighted by molar-refractivity contribution is -0.0913. The fourth-order valence-electron chi connectivity index (χ4n) is 2.48. The minimum absolute atomic E-state index is 0.160. The standard InChI is InChI=1S/C13H24N4O/c1-12(2)4-6-13(10-14,7-5-12)18-9-11-8-17(3)16-15-11/h8H,4-7,9-10,14H2,1-3H3. The summed E-state index contributed by atoms with van der Waals surface area (Å²) in [6.07, 6.45) is 6.31. The predicted octanol–water partition coefficient (Wildman–Crippen LogP) is 1.63. The van der Waals surface area contributed by atoms with Gasteiger partial charge in [0.25, 0.3) is 0 Å². The van der Waals surface area contributed by atoms with Crippen molar-refractivity contribution in [2.45, 2.75) is 51.7 Å². The van der Waals surface area contributed by atoms with E-state index in [2.05, 4.69) is 24.2 Å². The number of nitrogens with two attached hydrogens (primary N) is 1. The highest BCUT2D eigenvalue weighted by Crippen LogP contribution is 2.41. The molecule has 1 saturated carbocycles. The molecule has 2 rings (SSSR count). The van der Waals surface area contributed by atoms with Crippen molar-refractivity contribution in [2.75, 3.05) is 6.54 Å². The van der Waals surface area contributed by atoms with E-state index in [-0.39, 0.29) is 5.60 Å². The van der Waals surface area contributed by atoms with E-state index >= 15 is 0 Å². The number of hydrogen-bond acceptors (Lipinski definition) is 4. The lowest BCUT2D eigenvalue weighted by Gasteiger charge is -2.42. The van der Waals surface area contributed by atoms with Gasteiger partial charge < -0.3 is 10.5 Å². The van der Waals surface area contributed by atoms with Crippen molar-refractivity contribution in [1.29, 1.82) is 0 Å². The molecule has 1 aliphatic carbocycles. The maximum Gasteiger partial charge on any atom is 0.108 e. The van der Waals surface area contributed by atoms with Crippen LogP contribution in [0.15, 0.2) is 6.20 Å². The van der Waals surface area contributed by atoms with Gasteiger partial charge in [0, 0.05) is 13.6 Å². The molecule has 1 aromatic rings. The third-order valence-corrected chi connectivity index (χ3v) is 4.06. The zero-order valence-corrected chi connectivity index (χ0v) is 11.6. The number of aromatic nitrogens is 3. The molecule has 102 valence electrons. The van der Waals surface area contributed by atoms with E-state index in [1.54, 1.807) is 4.68 Å². The zero-order chi connectivity index (χ0) is 13.2. The smallest absolute Gasteiger partial charge is 0.108 e. The van der Waals surface area contributed by atoms with Crippen molar-refractivity contribution in [3.05, 3.63) is 11.9 Å². The average molecular weight is 252 g/mol. The Kier molecular flexibility index (Phi) is 3.73. The minimum Gasteiger partial charge on any atom is -0.367 e. The first-order chi connectivity index (χ1) is 8.45. The lowest BCUT2D eigenvalue weighted by atomic mass is 9.71. The molecule has 1 heterocycles. The second-order valence-corrected chi connectivity index (χ2v) is 6.22. The average Bonchev–Trinajstić information content (AvgIpc) is 2.75. The fraction of sp³-hybridized carbons (Fsp3) is 0.846. The van der Waals surface area contributed by atoms with Crippen LogP contribution in [-0.4, -0.2) is 27.1 Å². The van der Waals surface area contributed by atoms with E-state index in [0.717, 1.165) is 18.5 Å². The van der Waals surface area contributed by atoms with Crippen molar-refractivity contribution >= 4 is 0 Å². The molecule has 0 atom stereocenters. The summed E-state index contributed by atoms with van der Waals surface area (Å²) < 4.78 is 7.76. The van der Waals surface area contributed by atoms with Gasteiger partial charge in [-0.3, -0.25) is 4.68 Å². The number of rotatable bonds is 4. The topological polar surface area (TPSA) is 66.0 Å². The molecule has 5 nitrogen and oxygen atoms in total. The first-order valence-corrected chi connectivity index (χ1v) is 6.64. The molecule has 0 unspecified atom stereocenters. The Balaban J connectivity index is 1.93. The summed E-state index contributed by atoms with van der Waals surface area (Å²) in [5.41, 5.74) is 7.07. The molecule has 0 spiro atoms. The quantitative estimate of drug-likeness (QED) is 0.884. The van der Waals surface area contributed by atoms with Crippen LogP contribution in [0.1, 0.15) is 45.2 Å². The van der Waals surface area contributed by atoms with Crippen LogP contribution in [0.5, 0.6) is 0 Å². The van der Waals surface area contributed by atoms with E-state index in [1.807, 2.05) is 13.2 Å². The summed E-state index contributed by atoms with van der Waals surface area (Å²) in [7, 11) is 1.86. The van der Waals surface area contributed by atoms with Crippen LogP contribution in [0.4, 0.5) is 0 Å². The molecule has 0 amide bonds. The van der Waals surface area contributed by atoms with E-state index in [4.69, 9.17) is 10.5 Å². The van der Waals surface area contributed by atoms with Gasteiger partial charge >= 0.3 is 0 Å². The van der Waals surface area contributed by atoms with Crippen molar-refractivity contribution in [2.24, 2.45) is 18.2 Å². The van der Waals surface area contributed by atoms with Gasteiger partial charge in [0.1, 0.15) is 5.69 Å². The molecular weight excluding hydrogens is 228 g/mol. The van der Waals surface area contributed by atoms with Gasteiger partial charge in [-0.1, -0.05) is 19.1 Å². The Morgan fingerprint density at radius 2 is 2.00 bits per heavy atom. The van der Waals surface area contributed by atoms with Crippen LogP contribution in [0.3, 0.4) is 0 Å². The van der Waals surface area contributed by atoms with Crippen LogP contribution in [0, 0.1) is 5.41 Å². The monoisotopic (exact) mass is 252 g/mol. The maximum atomic E-state index is 6.07. The number of ether oxygens (including phenoxy) is 1. The summed E-state index contributed by atoms with van der Waals surface area (Å²) in [6, 6.07) is 0. The molecule has 0 radical (unpaired) electrons. The molecule has 0 saturated heterocycles. The SMILES string of the molecule is Cn1cc(COC2(CN)CCC(C)(C)CC2)nn1. The van der Waals surface area contributed by atoms with Gasteiger partial charge in [0.15, 0.2) is 0 Å². The third-order valence-electron chi connectivity index (χ3n) is 4.06. The molecule has 0 aliphatic heterocycles.